The van der Waals surface area contributed by atoms with Crippen molar-refractivity contribution in [3.63, 3.8) is 0 Å². The average molecular weight is 377 g/mol. The maximum atomic E-state index is 12.9. The number of urea groups is 1. The monoisotopic (exact) mass is 376 g/mol. The van der Waals surface area contributed by atoms with Gasteiger partial charge >= 0.3 is 6.03 Å². The van der Waals surface area contributed by atoms with Gasteiger partial charge in [-0.1, -0.05) is 18.2 Å². The van der Waals surface area contributed by atoms with E-state index in [1.165, 1.54) is 0 Å². The summed E-state index contributed by atoms with van der Waals surface area (Å²) in [5.41, 5.74) is 0.757. The Labute approximate surface area is 164 Å². The van der Waals surface area contributed by atoms with E-state index in [1.54, 1.807) is 0 Å². The number of carbonyl (C=O) groups is 1. The number of piperazine rings is 1. The van der Waals surface area contributed by atoms with Crippen LogP contribution < -0.4 is 10.1 Å². The third kappa shape index (κ3) is 6.70. The Hall–Kier alpha value is -1.79. The van der Waals surface area contributed by atoms with Crippen molar-refractivity contribution in [2.45, 2.75) is 39.8 Å². The molecule has 6 heteroatoms. The van der Waals surface area contributed by atoms with Crippen LogP contribution in [0, 0.1) is 0 Å². The van der Waals surface area contributed by atoms with E-state index in [4.69, 9.17) is 4.74 Å². The molecule has 1 aromatic rings. The molecule has 6 nitrogen and oxygen atoms in total. The van der Waals surface area contributed by atoms with Gasteiger partial charge in [0.05, 0.1) is 13.2 Å². The number of hydrogen-bond donors (Lipinski definition) is 1. The largest absolute Gasteiger partial charge is 0.494 e. The van der Waals surface area contributed by atoms with Gasteiger partial charge < -0.3 is 19.9 Å². The van der Waals surface area contributed by atoms with Gasteiger partial charge in [-0.25, -0.2) is 4.79 Å². The van der Waals surface area contributed by atoms with Crippen LogP contribution in [-0.4, -0.2) is 79.2 Å². The van der Waals surface area contributed by atoms with E-state index in [-0.39, 0.29) is 11.6 Å². The topological polar surface area (TPSA) is 48.1 Å². The smallest absolute Gasteiger partial charge is 0.318 e. The zero-order chi connectivity index (χ0) is 19.9. The number of para-hydroxylation sites is 1. The van der Waals surface area contributed by atoms with Gasteiger partial charge in [-0.05, 0) is 40.8 Å². The second-order valence-corrected chi connectivity index (χ2v) is 7.95. The Kier molecular flexibility index (Phi) is 7.92. The number of amides is 2. The predicted octanol–water partition coefficient (Wildman–Crippen LogP) is 2.64. The molecule has 1 N–H and O–H groups in total. The second kappa shape index (κ2) is 9.95. The molecule has 1 fully saturated rings. The number of benzene rings is 1. The number of ether oxygens (including phenoxy) is 1. The summed E-state index contributed by atoms with van der Waals surface area (Å²) < 4.78 is 5.70. The molecule has 0 saturated carbocycles. The Morgan fingerprint density at radius 3 is 2.48 bits per heavy atom. The van der Waals surface area contributed by atoms with Crippen molar-refractivity contribution in [1.29, 1.82) is 0 Å². The fourth-order valence-corrected chi connectivity index (χ4v) is 3.44. The molecule has 1 aromatic carbocycles. The summed E-state index contributed by atoms with van der Waals surface area (Å²) in [6.45, 7) is 15.1. The minimum Gasteiger partial charge on any atom is -0.494 e. The highest BCUT2D eigenvalue weighted by atomic mass is 16.5. The van der Waals surface area contributed by atoms with Gasteiger partial charge in [-0.2, -0.15) is 0 Å². The number of nitrogens with one attached hydrogen (secondary N) is 1. The molecule has 0 unspecified atom stereocenters. The molecule has 0 aliphatic carbocycles. The SMILES string of the molecule is CCOc1ccccc1CN(CC)C(=O)NC(C)(C)CN1CCN(C)CC1. The lowest BCUT2D eigenvalue weighted by molar-refractivity contribution is 0.121. The van der Waals surface area contributed by atoms with Crippen LogP contribution in [0.1, 0.15) is 33.3 Å². The summed E-state index contributed by atoms with van der Waals surface area (Å²) in [6, 6.07) is 7.91. The summed E-state index contributed by atoms with van der Waals surface area (Å²) in [5.74, 6) is 0.850. The van der Waals surface area contributed by atoms with E-state index < -0.39 is 0 Å². The van der Waals surface area contributed by atoms with E-state index >= 15 is 0 Å². The molecule has 0 bridgehead atoms. The molecule has 2 amide bonds. The van der Waals surface area contributed by atoms with Crippen molar-refractivity contribution in [3.8, 4) is 5.75 Å². The van der Waals surface area contributed by atoms with E-state index in [2.05, 4.69) is 36.0 Å². The van der Waals surface area contributed by atoms with Gasteiger partial charge in [-0.3, -0.25) is 4.90 Å². The van der Waals surface area contributed by atoms with E-state index in [1.807, 2.05) is 43.0 Å². The molecule has 0 atom stereocenters. The van der Waals surface area contributed by atoms with Crippen LogP contribution >= 0.6 is 0 Å². The van der Waals surface area contributed by atoms with Gasteiger partial charge in [0, 0.05) is 50.4 Å². The molecule has 1 aliphatic rings. The Morgan fingerprint density at radius 1 is 1.19 bits per heavy atom. The zero-order valence-corrected chi connectivity index (χ0v) is 17.6. The molecule has 1 aliphatic heterocycles. The van der Waals surface area contributed by atoms with E-state index in [0.717, 1.165) is 44.0 Å². The lowest BCUT2D eigenvalue weighted by atomic mass is 10.0. The zero-order valence-electron chi connectivity index (χ0n) is 17.6. The van der Waals surface area contributed by atoms with Crippen LogP contribution in [0.2, 0.25) is 0 Å². The summed E-state index contributed by atoms with van der Waals surface area (Å²) in [6.07, 6.45) is 0. The standard InChI is InChI=1S/C21H36N4O2/c1-6-25(16-18-10-8-9-11-19(18)27-7-2)20(26)22-21(3,4)17-24-14-12-23(5)13-15-24/h8-11H,6-7,12-17H2,1-5H3,(H,22,26). The summed E-state index contributed by atoms with van der Waals surface area (Å²) in [5, 5.41) is 3.23. The molecule has 27 heavy (non-hydrogen) atoms. The van der Waals surface area contributed by atoms with Crippen LogP contribution in [0.5, 0.6) is 5.75 Å². The van der Waals surface area contributed by atoms with Crippen molar-refractivity contribution in [3.05, 3.63) is 29.8 Å². The van der Waals surface area contributed by atoms with Crippen LogP contribution in [0.25, 0.3) is 0 Å². The maximum Gasteiger partial charge on any atom is 0.318 e. The molecule has 2 rings (SSSR count). The number of likely N-dealkylation sites (N-methyl/N-ethyl adjacent to an activating group) is 1. The van der Waals surface area contributed by atoms with E-state index in [0.29, 0.717) is 19.7 Å². The first-order valence-corrected chi connectivity index (χ1v) is 10.0. The van der Waals surface area contributed by atoms with Crippen molar-refractivity contribution in [2.75, 3.05) is 52.9 Å². The highest BCUT2D eigenvalue weighted by molar-refractivity contribution is 5.75. The quantitative estimate of drug-likeness (QED) is 0.758. The van der Waals surface area contributed by atoms with Crippen LogP contribution in [0.4, 0.5) is 4.79 Å². The van der Waals surface area contributed by atoms with Crippen molar-refractivity contribution in [1.82, 2.24) is 20.0 Å². The molecule has 1 heterocycles. The van der Waals surface area contributed by atoms with Crippen LogP contribution in [0.15, 0.2) is 24.3 Å². The Bertz CT molecular complexity index is 598. The molecule has 0 aromatic heterocycles. The third-order valence-corrected chi connectivity index (χ3v) is 4.96. The molecule has 1 saturated heterocycles. The van der Waals surface area contributed by atoms with Gasteiger partial charge in [0.15, 0.2) is 0 Å². The molecular formula is C21H36N4O2. The number of nitrogens with zero attached hydrogens (tertiary/aromatic N) is 3. The highest BCUT2D eigenvalue weighted by Crippen LogP contribution is 2.20. The molecule has 0 spiro atoms. The lowest BCUT2D eigenvalue weighted by Crippen LogP contribution is -2.57. The maximum absolute atomic E-state index is 12.9. The predicted molar refractivity (Wildman–Crippen MR) is 110 cm³/mol. The second-order valence-electron chi connectivity index (χ2n) is 7.95. The summed E-state index contributed by atoms with van der Waals surface area (Å²) in [4.78, 5) is 19.5. The van der Waals surface area contributed by atoms with Gasteiger partial charge in [0.25, 0.3) is 0 Å². The molecule has 152 valence electrons. The Balaban J connectivity index is 1.95. The van der Waals surface area contributed by atoms with Gasteiger partial charge in [-0.15, -0.1) is 0 Å². The lowest BCUT2D eigenvalue weighted by Gasteiger charge is -2.39. The summed E-state index contributed by atoms with van der Waals surface area (Å²) >= 11 is 0. The fourth-order valence-electron chi connectivity index (χ4n) is 3.44. The van der Waals surface area contributed by atoms with Crippen LogP contribution in [0.3, 0.4) is 0 Å². The first kappa shape index (κ1) is 21.5. The van der Waals surface area contributed by atoms with Gasteiger partial charge in [0.2, 0.25) is 0 Å². The number of carbonyl (C=O) groups excluding carboxylic acids is 1. The minimum atomic E-state index is -0.278. The fraction of sp³-hybridized carbons (Fsp3) is 0.667. The normalized spacial score (nSPS) is 16.2. The van der Waals surface area contributed by atoms with E-state index in [9.17, 15) is 4.79 Å². The van der Waals surface area contributed by atoms with Crippen molar-refractivity contribution < 1.29 is 9.53 Å². The van der Waals surface area contributed by atoms with Gasteiger partial charge in [0.1, 0.15) is 5.75 Å². The summed E-state index contributed by atoms with van der Waals surface area (Å²) in [7, 11) is 2.16. The Morgan fingerprint density at radius 2 is 1.85 bits per heavy atom. The third-order valence-electron chi connectivity index (χ3n) is 4.96. The number of hydrogen-bond acceptors (Lipinski definition) is 4. The minimum absolute atomic E-state index is 0.0251. The first-order chi connectivity index (χ1) is 12.8. The first-order valence-electron chi connectivity index (χ1n) is 10.0. The average Bonchev–Trinajstić information content (AvgIpc) is 2.62. The highest BCUT2D eigenvalue weighted by Gasteiger charge is 2.27. The van der Waals surface area contributed by atoms with Crippen molar-refractivity contribution in [2.24, 2.45) is 0 Å². The molecular weight excluding hydrogens is 340 g/mol. The van der Waals surface area contributed by atoms with Crippen molar-refractivity contribution >= 4 is 6.03 Å². The number of rotatable bonds is 8. The molecule has 0 radical (unpaired) electrons. The van der Waals surface area contributed by atoms with Crippen LogP contribution in [-0.2, 0) is 6.54 Å².